The van der Waals surface area contributed by atoms with Gasteiger partial charge in [0.25, 0.3) is 0 Å². The number of hydrogen-bond donors (Lipinski definition) is 2. The number of nitrogens with one attached hydrogen (secondary N) is 1. The fourth-order valence-corrected chi connectivity index (χ4v) is 6.30. The molecule has 1 aliphatic rings. The molecule has 6 nitrogen and oxygen atoms in total. The van der Waals surface area contributed by atoms with Gasteiger partial charge in [0.15, 0.2) is 5.13 Å². The fraction of sp³-hybridized carbons (Fsp3) is 0.542. The Hall–Kier alpha value is -2.06. The summed E-state index contributed by atoms with van der Waals surface area (Å²) in [6.07, 6.45) is 8.05. The van der Waals surface area contributed by atoms with Gasteiger partial charge in [-0.25, -0.2) is 9.78 Å². The van der Waals surface area contributed by atoms with Gasteiger partial charge in [0.2, 0.25) is 0 Å². The second kappa shape index (κ2) is 11.2. The molecule has 1 aromatic heterocycles. The van der Waals surface area contributed by atoms with Crippen LogP contribution in [0.4, 0.5) is 9.93 Å². The quantitative estimate of drug-likeness (QED) is 0.425. The number of benzene rings is 1. The highest BCUT2D eigenvalue weighted by atomic mass is 32.2. The van der Waals surface area contributed by atoms with Crippen molar-refractivity contribution in [3.63, 3.8) is 0 Å². The Kier molecular flexibility index (Phi) is 8.59. The number of aliphatic carboxylic acids is 1. The largest absolute Gasteiger partial charge is 0.480 e. The maximum absolute atomic E-state index is 13.3. The number of amides is 2. The molecule has 0 unspecified atom stereocenters. The maximum Gasteiger partial charge on any atom is 0.323 e. The normalized spacial score (nSPS) is 18.8. The van der Waals surface area contributed by atoms with Gasteiger partial charge in [-0.1, -0.05) is 66.8 Å². The van der Waals surface area contributed by atoms with Crippen LogP contribution in [0.15, 0.2) is 40.7 Å². The number of carboxylic acids is 1. The number of urea groups is 1. The van der Waals surface area contributed by atoms with Gasteiger partial charge in [-0.2, -0.15) is 0 Å². The molecule has 1 heterocycles. The van der Waals surface area contributed by atoms with Gasteiger partial charge in [-0.15, -0.1) is 0 Å². The number of aromatic nitrogens is 1. The molecule has 0 bridgehead atoms. The minimum absolute atomic E-state index is 0.121. The number of carbonyl (C=O) groups is 2. The number of rotatable bonds is 9. The molecule has 1 saturated carbocycles. The third-order valence-electron chi connectivity index (χ3n) is 6.15. The minimum atomic E-state index is -0.951. The van der Waals surface area contributed by atoms with Crippen LogP contribution in [0, 0.1) is 5.92 Å². The van der Waals surface area contributed by atoms with Crippen molar-refractivity contribution in [1.82, 2.24) is 9.88 Å². The maximum atomic E-state index is 13.3. The van der Waals surface area contributed by atoms with Crippen LogP contribution in [0.2, 0.25) is 0 Å². The van der Waals surface area contributed by atoms with Crippen LogP contribution in [0.3, 0.4) is 0 Å². The first-order chi connectivity index (χ1) is 15.3. The number of hydrogen-bond acceptors (Lipinski definition) is 5. The molecule has 2 amide bonds. The van der Waals surface area contributed by atoms with Crippen molar-refractivity contribution in [2.24, 2.45) is 5.92 Å². The first-order valence-electron chi connectivity index (χ1n) is 11.3. The molecule has 0 atom stereocenters. The van der Waals surface area contributed by atoms with Gasteiger partial charge >= 0.3 is 12.0 Å². The van der Waals surface area contributed by atoms with Crippen LogP contribution in [-0.2, 0) is 11.2 Å². The summed E-state index contributed by atoms with van der Waals surface area (Å²) in [5.74, 6) is -0.113. The number of thioether (sulfide) groups is 1. The highest BCUT2D eigenvalue weighted by Gasteiger charge is 2.31. The Balaban J connectivity index is 1.67. The SMILES string of the molecule is CCC1CCC(N(CCc2ccccc2)C(=O)Nc2ncc(SC(C)(C)C(=O)O)s2)CC1. The summed E-state index contributed by atoms with van der Waals surface area (Å²) in [7, 11) is 0. The molecule has 0 aliphatic heterocycles. The van der Waals surface area contributed by atoms with E-state index in [1.165, 1.54) is 47.9 Å². The topological polar surface area (TPSA) is 82.5 Å². The Morgan fingerprint density at radius 3 is 2.53 bits per heavy atom. The molecule has 0 spiro atoms. The highest BCUT2D eigenvalue weighted by Crippen LogP contribution is 2.37. The van der Waals surface area contributed by atoms with E-state index in [0.717, 1.165) is 29.4 Å². The van der Waals surface area contributed by atoms with Gasteiger partial charge < -0.3 is 10.0 Å². The second-order valence-corrected chi connectivity index (χ2v) is 11.8. The molecule has 3 rings (SSSR count). The molecule has 0 radical (unpaired) electrons. The summed E-state index contributed by atoms with van der Waals surface area (Å²) >= 11 is 2.56. The van der Waals surface area contributed by atoms with E-state index in [9.17, 15) is 14.7 Å². The van der Waals surface area contributed by atoms with E-state index < -0.39 is 10.7 Å². The Labute approximate surface area is 198 Å². The summed E-state index contributed by atoms with van der Waals surface area (Å²) in [5.41, 5.74) is 1.22. The third kappa shape index (κ3) is 6.72. The zero-order valence-electron chi connectivity index (χ0n) is 19.0. The van der Waals surface area contributed by atoms with E-state index in [1.807, 2.05) is 23.1 Å². The molecule has 2 N–H and O–H groups in total. The molecule has 174 valence electrons. The lowest BCUT2D eigenvalue weighted by atomic mass is 9.84. The van der Waals surface area contributed by atoms with Crippen LogP contribution in [0.1, 0.15) is 58.4 Å². The predicted octanol–water partition coefficient (Wildman–Crippen LogP) is 6.14. The van der Waals surface area contributed by atoms with Crippen molar-refractivity contribution < 1.29 is 14.7 Å². The van der Waals surface area contributed by atoms with Crippen LogP contribution >= 0.6 is 23.1 Å². The predicted molar refractivity (Wildman–Crippen MR) is 132 cm³/mol. The molecule has 1 aliphatic carbocycles. The molecular formula is C24H33N3O3S2. The highest BCUT2D eigenvalue weighted by molar-refractivity contribution is 8.03. The van der Waals surface area contributed by atoms with E-state index in [2.05, 4.69) is 29.4 Å². The molecule has 0 saturated heterocycles. The first kappa shape index (κ1) is 24.6. The van der Waals surface area contributed by atoms with Gasteiger partial charge in [0.1, 0.15) is 4.75 Å². The molecule has 1 fully saturated rings. The van der Waals surface area contributed by atoms with Crippen LogP contribution < -0.4 is 5.32 Å². The lowest BCUT2D eigenvalue weighted by Crippen LogP contribution is -2.45. The number of thiazole rings is 1. The Bertz CT molecular complexity index is 893. The smallest absolute Gasteiger partial charge is 0.323 e. The van der Waals surface area contributed by atoms with Gasteiger partial charge in [-0.05, 0) is 57.4 Å². The average Bonchev–Trinajstić information content (AvgIpc) is 3.20. The van der Waals surface area contributed by atoms with Crippen molar-refractivity contribution in [3.05, 3.63) is 42.1 Å². The molecule has 8 heteroatoms. The van der Waals surface area contributed by atoms with E-state index in [1.54, 1.807) is 20.0 Å². The van der Waals surface area contributed by atoms with Crippen LogP contribution in [0.5, 0.6) is 0 Å². The summed E-state index contributed by atoms with van der Waals surface area (Å²) in [6.45, 7) is 6.23. The monoisotopic (exact) mass is 475 g/mol. The molecular weight excluding hydrogens is 442 g/mol. The summed E-state index contributed by atoms with van der Waals surface area (Å²) in [6, 6.07) is 10.4. The standard InChI is InChI=1S/C24H33N3O3S2/c1-4-17-10-12-19(13-11-17)27(15-14-18-8-6-5-7-9-18)23(30)26-22-25-16-20(31-22)32-24(2,3)21(28)29/h5-9,16-17,19H,4,10-15H2,1-3H3,(H,28,29)(H,25,26,30). The summed E-state index contributed by atoms with van der Waals surface area (Å²) in [4.78, 5) is 31.0. The van der Waals surface area contributed by atoms with E-state index >= 15 is 0 Å². The second-order valence-electron chi connectivity index (χ2n) is 8.84. The first-order valence-corrected chi connectivity index (χ1v) is 12.9. The van der Waals surface area contributed by atoms with E-state index in [-0.39, 0.29) is 12.1 Å². The molecule has 1 aromatic carbocycles. The average molecular weight is 476 g/mol. The zero-order chi connectivity index (χ0) is 23.1. The number of anilines is 1. The number of carbonyl (C=O) groups excluding carboxylic acids is 1. The lowest BCUT2D eigenvalue weighted by molar-refractivity contribution is -0.138. The Morgan fingerprint density at radius 1 is 1.22 bits per heavy atom. The van der Waals surface area contributed by atoms with Gasteiger partial charge in [-0.3, -0.25) is 10.1 Å². The van der Waals surface area contributed by atoms with E-state index in [4.69, 9.17) is 0 Å². The number of carboxylic acid groups (broad SMARTS) is 1. The van der Waals surface area contributed by atoms with Gasteiger partial charge in [0, 0.05) is 12.6 Å². The van der Waals surface area contributed by atoms with Gasteiger partial charge in [0.05, 0.1) is 10.4 Å². The number of nitrogens with zero attached hydrogens (tertiary/aromatic N) is 2. The fourth-order valence-electron chi connectivity index (χ4n) is 4.03. The Morgan fingerprint density at radius 2 is 1.91 bits per heavy atom. The van der Waals surface area contributed by atoms with Crippen molar-refractivity contribution in [3.8, 4) is 0 Å². The molecule has 32 heavy (non-hydrogen) atoms. The summed E-state index contributed by atoms with van der Waals surface area (Å²) in [5, 5.41) is 12.8. The van der Waals surface area contributed by atoms with Crippen molar-refractivity contribution in [1.29, 1.82) is 0 Å². The van der Waals surface area contributed by atoms with Crippen LogP contribution in [-0.4, -0.2) is 44.3 Å². The molecule has 2 aromatic rings. The van der Waals surface area contributed by atoms with E-state index in [0.29, 0.717) is 11.7 Å². The zero-order valence-corrected chi connectivity index (χ0v) is 20.7. The van der Waals surface area contributed by atoms with Crippen molar-refractivity contribution in [2.75, 3.05) is 11.9 Å². The third-order valence-corrected chi connectivity index (χ3v) is 8.35. The van der Waals surface area contributed by atoms with Crippen molar-refractivity contribution in [2.45, 2.75) is 74.3 Å². The minimum Gasteiger partial charge on any atom is -0.480 e. The van der Waals surface area contributed by atoms with Crippen molar-refractivity contribution >= 4 is 40.2 Å². The summed E-state index contributed by atoms with van der Waals surface area (Å²) < 4.78 is -0.181. The lowest BCUT2D eigenvalue weighted by Gasteiger charge is -2.36. The van der Waals surface area contributed by atoms with Crippen LogP contribution in [0.25, 0.3) is 0 Å².